The molecule has 1 atom stereocenters. The van der Waals surface area contributed by atoms with Gasteiger partial charge in [-0.05, 0) is 43.7 Å². The molecular weight excluding hydrogens is 270 g/mol. The van der Waals surface area contributed by atoms with E-state index in [0.29, 0.717) is 6.42 Å². The Labute approximate surface area is 123 Å². The van der Waals surface area contributed by atoms with Crippen molar-refractivity contribution >= 4 is 22.6 Å². The lowest BCUT2D eigenvalue weighted by Crippen LogP contribution is -1.99. The van der Waals surface area contributed by atoms with Crippen LogP contribution in [0.25, 0.3) is 11.0 Å². The van der Waals surface area contributed by atoms with Crippen LogP contribution in [0.15, 0.2) is 47.0 Å². The highest BCUT2D eigenvalue weighted by Gasteiger charge is 2.16. The zero-order chi connectivity index (χ0) is 14.1. The number of halogens is 1. The number of aryl methyl sites for hydroxylation is 2. The number of fused-ring (bicyclic) bond motifs is 1. The fourth-order valence-electron chi connectivity index (χ4n) is 2.34. The monoisotopic (exact) mass is 285 g/mol. The van der Waals surface area contributed by atoms with E-state index in [9.17, 15) is 0 Å². The van der Waals surface area contributed by atoms with E-state index < -0.39 is 0 Å². The lowest BCUT2D eigenvalue weighted by atomic mass is 10.1. The minimum absolute atomic E-state index is 0.198. The molecule has 0 aliphatic carbocycles. The second-order valence-corrected chi connectivity index (χ2v) is 5.66. The summed E-state index contributed by atoms with van der Waals surface area (Å²) in [6.45, 7) is 4.12. The topological polar surface area (TPSA) is 26.0 Å². The molecule has 0 N–H and O–H groups in total. The van der Waals surface area contributed by atoms with Gasteiger partial charge in [-0.1, -0.05) is 17.7 Å². The highest BCUT2D eigenvalue weighted by atomic mass is 35.5. The average Bonchev–Trinajstić information content (AvgIpc) is 2.84. The van der Waals surface area contributed by atoms with Gasteiger partial charge >= 0.3 is 0 Å². The second kappa shape index (κ2) is 5.29. The Morgan fingerprint density at radius 2 is 2.05 bits per heavy atom. The van der Waals surface area contributed by atoms with Gasteiger partial charge in [-0.25, -0.2) is 0 Å². The Hall–Kier alpha value is -1.80. The number of hydrogen-bond donors (Lipinski definition) is 0. The van der Waals surface area contributed by atoms with Crippen LogP contribution >= 0.6 is 11.6 Å². The van der Waals surface area contributed by atoms with Crippen molar-refractivity contribution in [1.29, 1.82) is 0 Å². The third-order valence-corrected chi connectivity index (χ3v) is 3.86. The number of nitrogens with zero attached hydrogens (tertiary/aromatic N) is 1. The number of aromatic nitrogens is 1. The van der Waals surface area contributed by atoms with E-state index >= 15 is 0 Å². The maximum absolute atomic E-state index is 6.49. The van der Waals surface area contributed by atoms with Crippen LogP contribution in [0.2, 0.25) is 0 Å². The van der Waals surface area contributed by atoms with Crippen molar-refractivity contribution < 1.29 is 4.42 Å². The van der Waals surface area contributed by atoms with Crippen LogP contribution in [0.1, 0.15) is 28.0 Å². The Balaban J connectivity index is 1.89. The van der Waals surface area contributed by atoms with Crippen LogP contribution in [0.4, 0.5) is 0 Å². The van der Waals surface area contributed by atoms with Gasteiger partial charge in [0.2, 0.25) is 0 Å². The fourth-order valence-corrected chi connectivity index (χ4v) is 2.59. The zero-order valence-electron chi connectivity index (χ0n) is 11.6. The molecule has 0 bridgehead atoms. The van der Waals surface area contributed by atoms with Crippen LogP contribution in [0, 0.1) is 13.8 Å². The zero-order valence-corrected chi connectivity index (χ0v) is 12.3. The molecule has 3 rings (SSSR count). The van der Waals surface area contributed by atoms with Crippen LogP contribution in [-0.4, -0.2) is 4.98 Å². The third-order valence-electron chi connectivity index (χ3n) is 3.49. The minimum Gasteiger partial charge on any atom is -0.459 e. The smallest absolute Gasteiger partial charge is 0.134 e. The molecule has 2 heterocycles. The van der Waals surface area contributed by atoms with Gasteiger partial charge in [-0.15, -0.1) is 11.6 Å². The van der Waals surface area contributed by atoms with Crippen LogP contribution in [-0.2, 0) is 6.42 Å². The number of alkyl halides is 1. The van der Waals surface area contributed by atoms with Gasteiger partial charge in [0.15, 0.2) is 0 Å². The van der Waals surface area contributed by atoms with Crippen molar-refractivity contribution in [3.8, 4) is 0 Å². The summed E-state index contributed by atoms with van der Waals surface area (Å²) in [6.07, 6.45) is 2.47. The Morgan fingerprint density at radius 1 is 1.20 bits per heavy atom. The maximum atomic E-state index is 6.49. The van der Waals surface area contributed by atoms with Crippen molar-refractivity contribution in [1.82, 2.24) is 4.98 Å². The van der Waals surface area contributed by atoms with E-state index in [4.69, 9.17) is 16.0 Å². The molecule has 0 saturated heterocycles. The molecular formula is C17H16ClNO. The summed E-state index contributed by atoms with van der Waals surface area (Å²) < 4.78 is 5.84. The normalized spacial score (nSPS) is 12.8. The first kappa shape index (κ1) is 13.2. The standard InChI is InChI=1S/C17H16ClNO/c1-11-5-6-16-13(8-11)9-17(20-16)14(18)10-15-12(2)4-3-7-19-15/h3-9,14H,10H2,1-2H3. The lowest BCUT2D eigenvalue weighted by Gasteiger charge is -2.07. The molecule has 0 aliphatic rings. The van der Waals surface area contributed by atoms with Gasteiger partial charge in [0, 0.05) is 23.7 Å². The lowest BCUT2D eigenvalue weighted by molar-refractivity contribution is 0.538. The average molecular weight is 286 g/mol. The molecule has 3 heteroatoms. The molecule has 0 spiro atoms. The molecule has 2 aromatic heterocycles. The summed E-state index contributed by atoms with van der Waals surface area (Å²) in [7, 11) is 0. The van der Waals surface area contributed by atoms with E-state index in [0.717, 1.165) is 28.0 Å². The second-order valence-electron chi connectivity index (χ2n) is 5.13. The summed E-state index contributed by atoms with van der Waals surface area (Å²) in [5.74, 6) is 0.803. The van der Waals surface area contributed by atoms with Crippen molar-refractivity contribution in [3.05, 3.63) is 65.2 Å². The largest absolute Gasteiger partial charge is 0.459 e. The SMILES string of the molecule is Cc1ccc2oc(C(Cl)Cc3ncccc3C)cc2c1. The minimum atomic E-state index is -0.198. The van der Waals surface area contributed by atoms with E-state index in [1.165, 1.54) is 5.56 Å². The van der Waals surface area contributed by atoms with Gasteiger partial charge in [0.05, 0.1) is 5.38 Å². The van der Waals surface area contributed by atoms with Gasteiger partial charge in [0.1, 0.15) is 11.3 Å². The summed E-state index contributed by atoms with van der Waals surface area (Å²) in [4.78, 5) is 4.39. The molecule has 20 heavy (non-hydrogen) atoms. The molecule has 1 unspecified atom stereocenters. The first-order valence-electron chi connectivity index (χ1n) is 6.68. The van der Waals surface area contributed by atoms with Crippen molar-refractivity contribution in [3.63, 3.8) is 0 Å². The van der Waals surface area contributed by atoms with Gasteiger partial charge < -0.3 is 4.42 Å². The Kier molecular flexibility index (Phi) is 3.49. The first-order chi connectivity index (χ1) is 9.63. The summed E-state index contributed by atoms with van der Waals surface area (Å²) in [6, 6.07) is 12.2. The molecule has 0 radical (unpaired) electrons. The molecule has 3 aromatic rings. The van der Waals surface area contributed by atoms with Gasteiger partial charge in [0.25, 0.3) is 0 Å². The number of pyridine rings is 1. The predicted octanol–water partition coefficient (Wildman–Crippen LogP) is 4.97. The molecule has 0 fully saturated rings. The predicted molar refractivity (Wildman–Crippen MR) is 82.2 cm³/mol. The fraction of sp³-hybridized carbons (Fsp3) is 0.235. The van der Waals surface area contributed by atoms with Crippen LogP contribution < -0.4 is 0 Å². The molecule has 0 aliphatic heterocycles. The van der Waals surface area contributed by atoms with Crippen molar-refractivity contribution in [2.24, 2.45) is 0 Å². The maximum Gasteiger partial charge on any atom is 0.134 e. The molecule has 102 valence electrons. The van der Waals surface area contributed by atoms with E-state index in [1.807, 2.05) is 37.3 Å². The number of rotatable bonds is 3. The van der Waals surface area contributed by atoms with Crippen LogP contribution in [0.3, 0.4) is 0 Å². The quantitative estimate of drug-likeness (QED) is 0.635. The first-order valence-corrected chi connectivity index (χ1v) is 7.12. The molecule has 2 nitrogen and oxygen atoms in total. The van der Waals surface area contributed by atoms with Crippen LogP contribution in [0.5, 0.6) is 0 Å². The van der Waals surface area contributed by atoms with Crippen molar-refractivity contribution in [2.45, 2.75) is 25.6 Å². The van der Waals surface area contributed by atoms with Gasteiger partial charge in [-0.3, -0.25) is 4.98 Å². The third kappa shape index (κ3) is 2.56. The molecule has 0 saturated carbocycles. The number of furan rings is 1. The Bertz CT molecular complexity index is 748. The van der Waals surface area contributed by atoms with E-state index in [-0.39, 0.29) is 5.38 Å². The summed E-state index contributed by atoms with van der Waals surface area (Å²) in [5, 5.41) is 0.902. The number of hydrogen-bond acceptors (Lipinski definition) is 2. The highest BCUT2D eigenvalue weighted by molar-refractivity contribution is 6.20. The van der Waals surface area contributed by atoms with Gasteiger partial charge in [-0.2, -0.15) is 0 Å². The number of benzene rings is 1. The molecule has 0 amide bonds. The summed E-state index contributed by atoms with van der Waals surface area (Å²) in [5.41, 5.74) is 4.28. The Morgan fingerprint density at radius 3 is 2.85 bits per heavy atom. The summed E-state index contributed by atoms with van der Waals surface area (Å²) >= 11 is 6.49. The van der Waals surface area contributed by atoms with Crippen molar-refractivity contribution in [2.75, 3.05) is 0 Å². The van der Waals surface area contributed by atoms with E-state index in [1.54, 1.807) is 6.20 Å². The highest BCUT2D eigenvalue weighted by Crippen LogP contribution is 2.31. The van der Waals surface area contributed by atoms with E-state index in [2.05, 4.69) is 18.0 Å². The molecule has 1 aromatic carbocycles.